The van der Waals surface area contributed by atoms with Gasteiger partial charge in [-0.15, -0.1) is 0 Å². The van der Waals surface area contributed by atoms with Crippen LogP contribution in [0.4, 0.5) is 0 Å². The summed E-state index contributed by atoms with van der Waals surface area (Å²) in [5, 5.41) is 0. The molecule has 75 heavy (non-hydrogen) atoms. The van der Waals surface area contributed by atoms with Crippen LogP contribution in [0.3, 0.4) is 0 Å². The molecule has 0 fully saturated rings. The smallest absolute Gasteiger partial charge is 0.306 e. The van der Waals surface area contributed by atoms with Crippen molar-refractivity contribution < 1.29 is 28.6 Å². The van der Waals surface area contributed by atoms with Crippen molar-refractivity contribution in [1.29, 1.82) is 0 Å². The minimum Gasteiger partial charge on any atom is -0.462 e. The highest BCUT2D eigenvalue weighted by Crippen LogP contribution is 2.17. The lowest BCUT2D eigenvalue weighted by Crippen LogP contribution is -2.30. The molecule has 0 aromatic rings. The Bertz CT molecular complexity index is 1390. The van der Waals surface area contributed by atoms with Crippen LogP contribution in [0.25, 0.3) is 0 Å². The van der Waals surface area contributed by atoms with Gasteiger partial charge in [0.2, 0.25) is 0 Å². The molecule has 0 aromatic heterocycles. The van der Waals surface area contributed by atoms with Crippen LogP contribution in [0.15, 0.2) is 72.9 Å². The monoisotopic (exact) mass is 1050 g/mol. The van der Waals surface area contributed by atoms with Crippen molar-refractivity contribution in [2.45, 2.75) is 335 Å². The largest absolute Gasteiger partial charge is 0.462 e. The zero-order valence-corrected chi connectivity index (χ0v) is 49.8. The molecule has 434 valence electrons. The van der Waals surface area contributed by atoms with Gasteiger partial charge in [0.05, 0.1) is 0 Å². The number of carbonyl (C=O) groups is 3. The highest BCUT2D eigenvalue weighted by Gasteiger charge is 2.19. The molecule has 0 aliphatic carbocycles. The van der Waals surface area contributed by atoms with Gasteiger partial charge in [0.15, 0.2) is 6.10 Å². The van der Waals surface area contributed by atoms with E-state index in [1.54, 1.807) is 0 Å². The molecule has 0 saturated carbocycles. The van der Waals surface area contributed by atoms with Gasteiger partial charge in [0, 0.05) is 19.3 Å². The van der Waals surface area contributed by atoms with Crippen LogP contribution in [0.1, 0.15) is 329 Å². The van der Waals surface area contributed by atoms with Crippen LogP contribution in [-0.2, 0) is 28.6 Å². The second kappa shape index (κ2) is 63.4. The van der Waals surface area contributed by atoms with Gasteiger partial charge in [-0.1, -0.05) is 299 Å². The summed E-state index contributed by atoms with van der Waals surface area (Å²) in [6, 6.07) is 0. The van der Waals surface area contributed by atoms with Gasteiger partial charge in [-0.3, -0.25) is 14.4 Å². The van der Waals surface area contributed by atoms with Crippen molar-refractivity contribution >= 4 is 17.9 Å². The number of hydrogen-bond donors (Lipinski definition) is 0. The average Bonchev–Trinajstić information content (AvgIpc) is 3.41. The van der Waals surface area contributed by atoms with E-state index in [0.717, 1.165) is 109 Å². The fourth-order valence-electron chi connectivity index (χ4n) is 9.36. The third kappa shape index (κ3) is 61.6. The van der Waals surface area contributed by atoms with Gasteiger partial charge < -0.3 is 14.2 Å². The van der Waals surface area contributed by atoms with E-state index >= 15 is 0 Å². The summed E-state index contributed by atoms with van der Waals surface area (Å²) < 4.78 is 16.9. The van der Waals surface area contributed by atoms with Crippen LogP contribution in [-0.4, -0.2) is 37.2 Å². The Morgan fingerprint density at radius 3 is 0.867 bits per heavy atom. The van der Waals surface area contributed by atoms with Crippen molar-refractivity contribution in [1.82, 2.24) is 0 Å². The maximum absolute atomic E-state index is 12.9. The Morgan fingerprint density at radius 2 is 0.547 bits per heavy atom. The molecule has 0 bridgehead atoms. The van der Waals surface area contributed by atoms with Crippen LogP contribution in [0.2, 0.25) is 0 Å². The number of unbranched alkanes of at least 4 members (excludes halogenated alkanes) is 36. The summed E-state index contributed by atoms with van der Waals surface area (Å²) in [6.07, 6.45) is 82.0. The maximum atomic E-state index is 12.9. The van der Waals surface area contributed by atoms with E-state index in [-0.39, 0.29) is 31.1 Å². The van der Waals surface area contributed by atoms with Crippen LogP contribution >= 0.6 is 0 Å². The lowest BCUT2D eigenvalue weighted by Gasteiger charge is -2.18. The van der Waals surface area contributed by atoms with E-state index in [4.69, 9.17) is 14.2 Å². The summed E-state index contributed by atoms with van der Waals surface area (Å²) in [5.41, 5.74) is 0. The molecule has 0 spiro atoms. The number of esters is 3. The molecular weight excluding hydrogens is 925 g/mol. The molecule has 1 atom stereocenters. The molecule has 0 aliphatic heterocycles. The van der Waals surface area contributed by atoms with Crippen LogP contribution in [0.5, 0.6) is 0 Å². The van der Waals surface area contributed by atoms with Crippen LogP contribution < -0.4 is 0 Å². The van der Waals surface area contributed by atoms with Crippen molar-refractivity contribution in [3.8, 4) is 0 Å². The number of carbonyl (C=O) groups excluding carboxylic acids is 3. The van der Waals surface area contributed by atoms with E-state index in [9.17, 15) is 14.4 Å². The van der Waals surface area contributed by atoms with E-state index in [1.165, 1.54) is 180 Å². The summed E-state index contributed by atoms with van der Waals surface area (Å²) in [6.45, 7) is 6.49. The molecule has 6 heteroatoms. The fourth-order valence-corrected chi connectivity index (χ4v) is 9.36. The standard InChI is InChI=1S/C69H122O6/c1-4-7-10-13-16-19-22-25-27-29-31-33-34-36-37-39-41-44-47-50-53-56-59-62-68(71)74-65-66(64-73-67(70)61-58-55-52-49-46-43-24-21-18-15-12-9-6-3)75-69(72)63-60-57-54-51-48-45-42-40-38-35-32-30-28-26-23-20-17-14-11-8-5-2/h7,10,12,15-16,19,21,24-25,27,31,33,66H,4-6,8-9,11,13-14,17-18,20,22-23,26,28-30,32,34-65H2,1-3H3/b10-7-,15-12-,19-16-,24-21-,27-25-,33-31-. The molecule has 0 aromatic carbocycles. The molecular formula is C69H122O6. The first-order chi connectivity index (χ1) is 37.0. The highest BCUT2D eigenvalue weighted by atomic mass is 16.6. The topological polar surface area (TPSA) is 78.9 Å². The van der Waals surface area contributed by atoms with Gasteiger partial charge in [0.25, 0.3) is 0 Å². The van der Waals surface area contributed by atoms with Gasteiger partial charge in [0.1, 0.15) is 13.2 Å². The van der Waals surface area contributed by atoms with Crippen molar-refractivity contribution in [2.24, 2.45) is 0 Å². The number of hydrogen-bond acceptors (Lipinski definition) is 6. The van der Waals surface area contributed by atoms with Gasteiger partial charge >= 0.3 is 17.9 Å². The van der Waals surface area contributed by atoms with Crippen molar-refractivity contribution in [3.05, 3.63) is 72.9 Å². The minimum atomic E-state index is -0.782. The molecule has 0 radical (unpaired) electrons. The Hall–Kier alpha value is -3.15. The lowest BCUT2D eigenvalue weighted by molar-refractivity contribution is -0.167. The molecule has 0 saturated heterocycles. The highest BCUT2D eigenvalue weighted by molar-refractivity contribution is 5.71. The Morgan fingerprint density at radius 1 is 0.280 bits per heavy atom. The second-order valence-electron chi connectivity index (χ2n) is 21.6. The third-order valence-electron chi connectivity index (χ3n) is 14.2. The third-order valence-corrected chi connectivity index (χ3v) is 14.2. The van der Waals surface area contributed by atoms with E-state index in [2.05, 4.69) is 93.7 Å². The summed E-state index contributed by atoms with van der Waals surface area (Å²) >= 11 is 0. The summed E-state index contributed by atoms with van der Waals surface area (Å²) in [7, 11) is 0. The molecule has 0 aliphatic rings. The lowest BCUT2D eigenvalue weighted by atomic mass is 10.0. The van der Waals surface area contributed by atoms with Crippen LogP contribution in [0, 0.1) is 0 Å². The van der Waals surface area contributed by atoms with E-state index < -0.39 is 6.10 Å². The summed E-state index contributed by atoms with van der Waals surface area (Å²) in [4.78, 5) is 38.3. The quantitative estimate of drug-likeness (QED) is 0.0261. The Balaban J connectivity index is 4.30. The minimum absolute atomic E-state index is 0.0793. The number of ether oxygens (including phenoxy) is 3. The maximum Gasteiger partial charge on any atom is 0.306 e. The molecule has 6 nitrogen and oxygen atoms in total. The molecule has 1 unspecified atom stereocenters. The SMILES string of the molecule is CC/C=C\C/C=C\C/C=C\C/C=C\CCCCCCCCCCCCC(=O)OCC(COC(=O)CCCCCCC/C=C\C/C=C\CCC)OC(=O)CCCCCCCCCCCCCCCCCCCCCCC. The average molecular weight is 1050 g/mol. The van der Waals surface area contributed by atoms with Gasteiger partial charge in [-0.2, -0.15) is 0 Å². The molecule has 0 rings (SSSR count). The molecule has 0 heterocycles. The first-order valence-corrected chi connectivity index (χ1v) is 32.4. The second-order valence-corrected chi connectivity index (χ2v) is 21.6. The summed E-state index contributed by atoms with van der Waals surface area (Å²) in [5.74, 6) is -0.880. The zero-order chi connectivity index (χ0) is 54.3. The Labute approximate surface area is 465 Å². The number of rotatable bonds is 59. The normalized spacial score (nSPS) is 12.5. The predicted molar refractivity (Wildman–Crippen MR) is 325 cm³/mol. The van der Waals surface area contributed by atoms with Gasteiger partial charge in [-0.05, 0) is 83.5 Å². The predicted octanol–water partition coefficient (Wildman–Crippen LogP) is 22.1. The molecule has 0 N–H and O–H groups in total. The fraction of sp³-hybridized carbons (Fsp3) is 0.783. The first-order valence-electron chi connectivity index (χ1n) is 32.4. The van der Waals surface area contributed by atoms with Gasteiger partial charge in [-0.25, -0.2) is 0 Å². The van der Waals surface area contributed by atoms with E-state index in [0.29, 0.717) is 19.3 Å². The van der Waals surface area contributed by atoms with E-state index in [1.807, 2.05) is 0 Å². The van der Waals surface area contributed by atoms with Crippen molar-refractivity contribution in [2.75, 3.05) is 13.2 Å². The first kappa shape index (κ1) is 71.8. The molecule has 0 amide bonds. The zero-order valence-electron chi connectivity index (χ0n) is 49.8. The Kier molecular flexibility index (Phi) is 60.7. The number of allylic oxidation sites excluding steroid dienone is 12. The van der Waals surface area contributed by atoms with Crippen molar-refractivity contribution in [3.63, 3.8) is 0 Å².